The number of carboxylic acids is 1. The second-order valence-corrected chi connectivity index (χ2v) is 6.03. The van der Waals surface area contributed by atoms with Crippen LogP contribution in [0.2, 0.25) is 0 Å². The van der Waals surface area contributed by atoms with Crippen LogP contribution in [0.3, 0.4) is 0 Å². The van der Waals surface area contributed by atoms with Crippen molar-refractivity contribution in [2.75, 3.05) is 13.2 Å². The van der Waals surface area contributed by atoms with Crippen molar-refractivity contribution < 1.29 is 28.2 Å². The first-order chi connectivity index (χ1) is 11.4. The Bertz CT molecular complexity index is 608. The number of likely N-dealkylation sites (tertiary alicyclic amines) is 1. The highest BCUT2D eigenvalue weighted by molar-refractivity contribution is 5.78. The number of halogens is 2. The molecular weight excluding hydrogens is 320 g/mol. The predicted molar refractivity (Wildman–Crippen MR) is 82.6 cm³/mol. The smallest absolute Gasteiger partial charge is 0.308 e. The van der Waals surface area contributed by atoms with Gasteiger partial charge in [-0.25, -0.2) is 8.78 Å². The molecule has 1 fully saturated rings. The molecular formula is C17H21F2NO4. The third kappa shape index (κ3) is 4.66. The second kappa shape index (κ2) is 8.08. The summed E-state index contributed by atoms with van der Waals surface area (Å²) in [5, 5.41) is 9.09. The maximum Gasteiger partial charge on any atom is 0.308 e. The summed E-state index contributed by atoms with van der Waals surface area (Å²) in [6, 6.07) is 3.06. The van der Waals surface area contributed by atoms with E-state index in [0.29, 0.717) is 19.3 Å². The summed E-state index contributed by atoms with van der Waals surface area (Å²) >= 11 is 0. The Morgan fingerprint density at radius 2 is 2.08 bits per heavy atom. The number of hydrogen-bond acceptors (Lipinski definition) is 3. The second-order valence-electron chi connectivity index (χ2n) is 6.03. The molecule has 2 rings (SSSR count). The van der Waals surface area contributed by atoms with E-state index >= 15 is 0 Å². The van der Waals surface area contributed by atoms with Crippen molar-refractivity contribution in [1.82, 2.24) is 4.90 Å². The topological polar surface area (TPSA) is 66.8 Å². The molecule has 2 atom stereocenters. The molecule has 2 unspecified atom stereocenters. The average Bonchev–Trinajstić information content (AvgIpc) is 2.53. The lowest BCUT2D eigenvalue weighted by Gasteiger charge is -2.36. The molecule has 1 aliphatic heterocycles. The predicted octanol–water partition coefficient (Wildman–Crippen LogP) is 2.84. The molecule has 5 nitrogen and oxygen atoms in total. The first kappa shape index (κ1) is 18.2. The monoisotopic (exact) mass is 341 g/mol. The Labute approximate surface area is 139 Å². The van der Waals surface area contributed by atoms with Gasteiger partial charge in [-0.2, -0.15) is 0 Å². The molecule has 1 saturated heterocycles. The highest BCUT2D eigenvalue weighted by atomic mass is 19.1. The highest BCUT2D eigenvalue weighted by Gasteiger charge is 2.32. The lowest BCUT2D eigenvalue weighted by molar-refractivity contribution is -0.147. The van der Waals surface area contributed by atoms with Gasteiger partial charge in [-0.05, 0) is 38.3 Å². The van der Waals surface area contributed by atoms with E-state index in [2.05, 4.69) is 0 Å². The van der Waals surface area contributed by atoms with Crippen LogP contribution in [0.5, 0.6) is 5.75 Å². The van der Waals surface area contributed by atoms with Gasteiger partial charge in [0.05, 0.1) is 12.5 Å². The molecule has 0 saturated carbocycles. The molecule has 0 spiro atoms. The molecule has 1 aliphatic rings. The van der Waals surface area contributed by atoms with E-state index in [1.165, 1.54) is 6.07 Å². The Morgan fingerprint density at radius 1 is 1.33 bits per heavy atom. The number of piperidine rings is 1. The molecule has 132 valence electrons. The van der Waals surface area contributed by atoms with Crippen molar-refractivity contribution in [3.8, 4) is 5.75 Å². The lowest BCUT2D eigenvalue weighted by atomic mass is 9.93. The zero-order valence-corrected chi connectivity index (χ0v) is 13.5. The quantitative estimate of drug-likeness (QED) is 0.808. The van der Waals surface area contributed by atoms with E-state index in [1.807, 2.05) is 6.92 Å². The van der Waals surface area contributed by atoms with E-state index in [1.54, 1.807) is 4.90 Å². The molecule has 24 heavy (non-hydrogen) atoms. The number of benzene rings is 1. The van der Waals surface area contributed by atoms with Gasteiger partial charge in [0.2, 0.25) is 5.91 Å². The molecule has 1 aromatic rings. The van der Waals surface area contributed by atoms with Crippen molar-refractivity contribution >= 4 is 11.9 Å². The fraction of sp³-hybridized carbons (Fsp3) is 0.529. The van der Waals surface area contributed by atoms with Crippen LogP contribution in [0.4, 0.5) is 8.78 Å². The van der Waals surface area contributed by atoms with Crippen molar-refractivity contribution in [2.45, 2.75) is 38.6 Å². The maximum absolute atomic E-state index is 13.4. The normalized spacial score (nSPS) is 20.7. The first-order valence-corrected chi connectivity index (χ1v) is 7.98. The van der Waals surface area contributed by atoms with Crippen molar-refractivity contribution in [1.29, 1.82) is 0 Å². The Hall–Kier alpha value is -2.18. The van der Waals surface area contributed by atoms with Gasteiger partial charge in [0, 0.05) is 25.1 Å². The minimum absolute atomic E-state index is 0.0172. The fourth-order valence-corrected chi connectivity index (χ4v) is 2.80. The van der Waals surface area contributed by atoms with Gasteiger partial charge in [-0.3, -0.25) is 9.59 Å². The minimum atomic E-state index is -0.880. The van der Waals surface area contributed by atoms with Crippen LogP contribution < -0.4 is 4.74 Å². The van der Waals surface area contributed by atoms with Crippen LogP contribution in [0.15, 0.2) is 18.2 Å². The summed E-state index contributed by atoms with van der Waals surface area (Å²) in [4.78, 5) is 24.9. The van der Waals surface area contributed by atoms with Gasteiger partial charge in [0.1, 0.15) is 5.82 Å². The molecule has 1 N–H and O–H groups in total. The average molecular weight is 341 g/mol. The number of rotatable bonds is 6. The summed E-state index contributed by atoms with van der Waals surface area (Å²) in [5.74, 6) is -3.04. The van der Waals surface area contributed by atoms with Crippen LogP contribution in [0, 0.1) is 17.6 Å². The summed E-state index contributed by atoms with van der Waals surface area (Å²) in [6.07, 6.45) is 1.81. The lowest BCUT2D eigenvalue weighted by Crippen LogP contribution is -2.47. The molecule has 0 aromatic heterocycles. The van der Waals surface area contributed by atoms with Crippen molar-refractivity contribution in [3.63, 3.8) is 0 Å². The third-order valence-corrected chi connectivity index (χ3v) is 4.24. The Kier molecular flexibility index (Phi) is 6.11. The van der Waals surface area contributed by atoms with E-state index in [4.69, 9.17) is 9.84 Å². The number of ether oxygens (including phenoxy) is 1. The molecule has 0 radical (unpaired) electrons. The van der Waals surface area contributed by atoms with Crippen LogP contribution in [0.1, 0.15) is 32.6 Å². The zero-order chi connectivity index (χ0) is 17.7. The molecule has 0 bridgehead atoms. The van der Waals surface area contributed by atoms with Gasteiger partial charge in [-0.1, -0.05) is 0 Å². The van der Waals surface area contributed by atoms with Crippen LogP contribution >= 0.6 is 0 Å². The molecule has 1 aromatic carbocycles. The third-order valence-electron chi connectivity index (χ3n) is 4.24. The number of carboxylic acid groups (broad SMARTS) is 1. The zero-order valence-electron chi connectivity index (χ0n) is 13.5. The van der Waals surface area contributed by atoms with E-state index in [0.717, 1.165) is 12.1 Å². The maximum atomic E-state index is 13.4. The van der Waals surface area contributed by atoms with Crippen molar-refractivity contribution in [2.24, 2.45) is 5.92 Å². The summed E-state index contributed by atoms with van der Waals surface area (Å²) in [7, 11) is 0. The Morgan fingerprint density at radius 3 is 2.75 bits per heavy atom. The van der Waals surface area contributed by atoms with Crippen LogP contribution in [-0.2, 0) is 9.59 Å². The summed E-state index contributed by atoms with van der Waals surface area (Å²) < 4.78 is 31.4. The highest BCUT2D eigenvalue weighted by Crippen LogP contribution is 2.23. The number of carbonyl (C=O) groups excluding carboxylic acids is 1. The number of hydrogen-bond donors (Lipinski definition) is 1. The standard InChI is InChI=1S/C17H21F2NO4/c1-11-4-5-12(17(22)23)10-20(11)16(21)3-2-8-24-15-7-6-13(18)9-14(15)19/h6-7,9,11-12H,2-5,8,10H2,1H3,(H,22,23). The number of nitrogens with zero attached hydrogens (tertiary/aromatic N) is 1. The number of aliphatic carboxylic acids is 1. The minimum Gasteiger partial charge on any atom is -0.491 e. The van der Waals surface area contributed by atoms with Crippen LogP contribution in [0.25, 0.3) is 0 Å². The molecule has 1 heterocycles. The van der Waals surface area contributed by atoms with Gasteiger partial charge < -0.3 is 14.7 Å². The van der Waals surface area contributed by atoms with E-state index in [-0.39, 0.29) is 37.3 Å². The SMILES string of the molecule is CC1CCC(C(=O)O)CN1C(=O)CCCOc1ccc(F)cc1F. The van der Waals surface area contributed by atoms with E-state index in [9.17, 15) is 18.4 Å². The molecule has 1 amide bonds. The Balaban J connectivity index is 1.79. The number of amides is 1. The van der Waals surface area contributed by atoms with Crippen molar-refractivity contribution in [3.05, 3.63) is 29.8 Å². The fourth-order valence-electron chi connectivity index (χ4n) is 2.80. The van der Waals surface area contributed by atoms with Gasteiger partial charge in [0.25, 0.3) is 0 Å². The molecule has 7 heteroatoms. The molecule has 0 aliphatic carbocycles. The van der Waals surface area contributed by atoms with Gasteiger partial charge in [0.15, 0.2) is 11.6 Å². The van der Waals surface area contributed by atoms with Crippen LogP contribution in [-0.4, -0.2) is 41.1 Å². The first-order valence-electron chi connectivity index (χ1n) is 7.98. The number of carbonyl (C=O) groups is 2. The van der Waals surface area contributed by atoms with E-state index < -0.39 is 23.5 Å². The summed E-state index contributed by atoms with van der Waals surface area (Å²) in [5.41, 5.74) is 0. The largest absolute Gasteiger partial charge is 0.491 e. The van der Waals surface area contributed by atoms with Gasteiger partial charge in [-0.15, -0.1) is 0 Å². The van der Waals surface area contributed by atoms with Gasteiger partial charge >= 0.3 is 5.97 Å². The summed E-state index contributed by atoms with van der Waals surface area (Å²) in [6.45, 7) is 2.25.